The molecule has 0 spiro atoms. The lowest BCUT2D eigenvalue weighted by Crippen LogP contribution is -2.42. The van der Waals surface area contributed by atoms with Crippen molar-refractivity contribution in [3.05, 3.63) is 22.4 Å². The van der Waals surface area contributed by atoms with Crippen LogP contribution in [0.1, 0.15) is 38.0 Å². The van der Waals surface area contributed by atoms with Crippen LogP contribution in [0.25, 0.3) is 0 Å². The van der Waals surface area contributed by atoms with Crippen LogP contribution in [0.5, 0.6) is 0 Å². The Balaban J connectivity index is 1.94. The Morgan fingerprint density at radius 1 is 1.47 bits per heavy atom. The Kier molecular flexibility index (Phi) is 5.01. The first-order chi connectivity index (χ1) is 8.35. The van der Waals surface area contributed by atoms with Crippen LogP contribution in [-0.2, 0) is 6.54 Å². The average molecular weight is 252 g/mol. The van der Waals surface area contributed by atoms with Gasteiger partial charge in [0.1, 0.15) is 0 Å². The first-order valence-electron chi connectivity index (χ1n) is 6.84. The second-order valence-electron chi connectivity index (χ2n) is 4.85. The van der Waals surface area contributed by atoms with E-state index < -0.39 is 0 Å². The Labute approximate surface area is 109 Å². The van der Waals surface area contributed by atoms with Crippen LogP contribution in [0.15, 0.2) is 17.5 Å². The molecule has 2 nitrogen and oxygen atoms in total. The van der Waals surface area contributed by atoms with Gasteiger partial charge in [-0.1, -0.05) is 19.9 Å². The molecule has 96 valence electrons. The molecule has 1 atom stereocenters. The van der Waals surface area contributed by atoms with E-state index in [9.17, 15) is 0 Å². The number of thiophene rings is 1. The lowest BCUT2D eigenvalue weighted by atomic mass is 10.1. The predicted octanol–water partition coefficient (Wildman–Crippen LogP) is 3.10. The zero-order valence-corrected chi connectivity index (χ0v) is 11.8. The molecule has 1 unspecified atom stereocenters. The molecule has 1 aromatic heterocycles. The van der Waals surface area contributed by atoms with E-state index in [2.05, 4.69) is 41.6 Å². The molecule has 17 heavy (non-hydrogen) atoms. The van der Waals surface area contributed by atoms with Crippen molar-refractivity contribution in [2.24, 2.45) is 0 Å². The van der Waals surface area contributed by atoms with Crippen molar-refractivity contribution in [1.29, 1.82) is 0 Å². The molecule has 1 aliphatic carbocycles. The van der Waals surface area contributed by atoms with E-state index in [-0.39, 0.29) is 0 Å². The Morgan fingerprint density at radius 2 is 2.29 bits per heavy atom. The molecule has 2 rings (SSSR count). The molecular weight excluding hydrogens is 228 g/mol. The maximum atomic E-state index is 3.50. The van der Waals surface area contributed by atoms with Gasteiger partial charge in [-0.25, -0.2) is 0 Å². The summed E-state index contributed by atoms with van der Waals surface area (Å²) in [6.45, 7) is 7.86. The van der Waals surface area contributed by atoms with Gasteiger partial charge in [0.15, 0.2) is 0 Å². The smallest absolute Gasteiger partial charge is 0.0334 e. The monoisotopic (exact) mass is 252 g/mol. The van der Waals surface area contributed by atoms with E-state index in [0.717, 1.165) is 25.7 Å². The van der Waals surface area contributed by atoms with Crippen molar-refractivity contribution in [3.63, 3.8) is 0 Å². The summed E-state index contributed by atoms with van der Waals surface area (Å²) in [5.74, 6) is 0. The Bertz CT molecular complexity index is 306. The van der Waals surface area contributed by atoms with E-state index >= 15 is 0 Å². The van der Waals surface area contributed by atoms with Crippen molar-refractivity contribution in [2.45, 2.75) is 51.7 Å². The lowest BCUT2D eigenvalue weighted by Gasteiger charge is -2.31. The third kappa shape index (κ3) is 3.80. The van der Waals surface area contributed by atoms with Gasteiger partial charge in [0.25, 0.3) is 0 Å². The van der Waals surface area contributed by atoms with Gasteiger partial charge in [0, 0.05) is 30.1 Å². The molecule has 0 saturated heterocycles. The minimum absolute atomic E-state index is 0.699. The highest BCUT2D eigenvalue weighted by Gasteiger charge is 2.33. The summed E-state index contributed by atoms with van der Waals surface area (Å²) < 4.78 is 0. The van der Waals surface area contributed by atoms with E-state index in [4.69, 9.17) is 0 Å². The van der Waals surface area contributed by atoms with Gasteiger partial charge in [0.2, 0.25) is 0 Å². The molecule has 1 heterocycles. The molecule has 1 aromatic rings. The topological polar surface area (TPSA) is 15.3 Å². The normalized spacial score (nSPS) is 17.6. The summed E-state index contributed by atoms with van der Waals surface area (Å²) in [6, 6.07) is 5.97. The lowest BCUT2D eigenvalue weighted by molar-refractivity contribution is 0.170. The molecule has 3 heteroatoms. The van der Waals surface area contributed by atoms with Crippen molar-refractivity contribution < 1.29 is 0 Å². The molecule has 1 N–H and O–H groups in total. The van der Waals surface area contributed by atoms with Gasteiger partial charge in [-0.3, -0.25) is 4.90 Å². The number of rotatable bonds is 8. The van der Waals surface area contributed by atoms with Gasteiger partial charge in [0.05, 0.1) is 0 Å². The third-order valence-electron chi connectivity index (χ3n) is 3.50. The van der Waals surface area contributed by atoms with Crippen LogP contribution < -0.4 is 5.32 Å². The van der Waals surface area contributed by atoms with Gasteiger partial charge in [-0.2, -0.15) is 0 Å². The fourth-order valence-electron chi connectivity index (χ4n) is 2.35. The fourth-order valence-corrected chi connectivity index (χ4v) is 3.06. The number of hydrogen-bond donors (Lipinski definition) is 1. The zero-order chi connectivity index (χ0) is 12.1. The number of hydrogen-bond acceptors (Lipinski definition) is 3. The molecular formula is C14H24N2S. The van der Waals surface area contributed by atoms with Crippen molar-refractivity contribution >= 4 is 11.3 Å². The molecule has 1 aliphatic rings. The quantitative estimate of drug-likeness (QED) is 0.765. The summed E-state index contributed by atoms with van der Waals surface area (Å²) in [5, 5.41) is 5.69. The van der Waals surface area contributed by atoms with Gasteiger partial charge in [-0.15, -0.1) is 11.3 Å². The van der Waals surface area contributed by atoms with Gasteiger partial charge < -0.3 is 5.32 Å². The first-order valence-corrected chi connectivity index (χ1v) is 7.72. The predicted molar refractivity (Wildman–Crippen MR) is 75.5 cm³/mol. The number of nitrogens with zero attached hydrogens (tertiary/aromatic N) is 1. The Hall–Kier alpha value is -0.380. The zero-order valence-electron chi connectivity index (χ0n) is 11.0. The maximum absolute atomic E-state index is 3.50. The highest BCUT2D eigenvalue weighted by molar-refractivity contribution is 7.09. The molecule has 0 radical (unpaired) electrons. The van der Waals surface area contributed by atoms with E-state index in [1.165, 1.54) is 24.1 Å². The second-order valence-corrected chi connectivity index (χ2v) is 5.88. The summed E-state index contributed by atoms with van der Waals surface area (Å²) in [4.78, 5) is 4.22. The molecule has 1 fully saturated rings. The molecule has 1 saturated carbocycles. The summed E-state index contributed by atoms with van der Waals surface area (Å²) in [5.41, 5.74) is 0. The Morgan fingerprint density at radius 3 is 2.82 bits per heavy atom. The molecule has 0 aromatic carbocycles. The van der Waals surface area contributed by atoms with Crippen molar-refractivity contribution in [2.75, 3.05) is 13.1 Å². The highest BCUT2D eigenvalue weighted by Crippen LogP contribution is 2.31. The molecule has 0 bridgehead atoms. The van der Waals surface area contributed by atoms with Crippen molar-refractivity contribution in [3.8, 4) is 0 Å². The van der Waals surface area contributed by atoms with E-state index in [0.29, 0.717) is 6.04 Å². The van der Waals surface area contributed by atoms with Crippen LogP contribution in [0.3, 0.4) is 0 Å². The maximum Gasteiger partial charge on any atom is 0.0334 e. The van der Waals surface area contributed by atoms with E-state index in [1.807, 2.05) is 11.3 Å². The average Bonchev–Trinajstić information content (AvgIpc) is 3.06. The van der Waals surface area contributed by atoms with Crippen LogP contribution in [-0.4, -0.2) is 30.1 Å². The van der Waals surface area contributed by atoms with Crippen LogP contribution in [0, 0.1) is 0 Å². The van der Waals surface area contributed by atoms with Crippen LogP contribution in [0.2, 0.25) is 0 Å². The minimum atomic E-state index is 0.699. The molecule has 0 aliphatic heterocycles. The summed E-state index contributed by atoms with van der Waals surface area (Å²) >= 11 is 1.89. The fraction of sp³-hybridized carbons (Fsp3) is 0.714. The standard InChI is InChI=1S/C14H24N2S/c1-3-12(10-15-4-2)16(13-7-8-13)11-14-6-5-9-17-14/h5-6,9,12-13,15H,3-4,7-8,10-11H2,1-2H3. The van der Waals surface area contributed by atoms with Gasteiger partial charge in [-0.05, 0) is 37.3 Å². The van der Waals surface area contributed by atoms with Gasteiger partial charge >= 0.3 is 0 Å². The number of likely N-dealkylation sites (N-methyl/N-ethyl adjacent to an activating group) is 1. The highest BCUT2D eigenvalue weighted by atomic mass is 32.1. The summed E-state index contributed by atoms with van der Waals surface area (Å²) in [7, 11) is 0. The second kappa shape index (κ2) is 6.53. The third-order valence-corrected chi connectivity index (χ3v) is 4.37. The molecule has 0 amide bonds. The van der Waals surface area contributed by atoms with Crippen LogP contribution >= 0.6 is 11.3 Å². The largest absolute Gasteiger partial charge is 0.315 e. The van der Waals surface area contributed by atoms with Crippen molar-refractivity contribution in [1.82, 2.24) is 10.2 Å². The number of nitrogens with one attached hydrogen (secondary N) is 1. The van der Waals surface area contributed by atoms with E-state index in [1.54, 1.807) is 0 Å². The first kappa shape index (κ1) is 13.1. The van der Waals surface area contributed by atoms with Crippen LogP contribution in [0.4, 0.5) is 0 Å². The summed E-state index contributed by atoms with van der Waals surface area (Å²) in [6.07, 6.45) is 4.04. The SMILES string of the molecule is CCNCC(CC)N(Cc1cccs1)C1CC1. The minimum Gasteiger partial charge on any atom is -0.315 e.